The van der Waals surface area contributed by atoms with Gasteiger partial charge in [-0.15, -0.1) is 11.6 Å². The molecule has 0 aliphatic heterocycles. The molecule has 0 atom stereocenters. The molecule has 40 heavy (non-hydrogen) atoms. The Morgan fingerprint density at radius 1 is 0.425 bits per heavy atom. The number of halogens is 1. The van der Waals surface area contributed by atoms with Crippen LogP contribution in [-0.4, -0.2) is 137 Å². The molecule has 0 heterocycles. The van der Waals surface area contributed by atoms with Gasteiger partial charge < -0.3 is 47.4 Å². The molecular weight excluding hydrogens is 548 g/mol. The van der Waals surface area contributed by atoms with Crippen LogP contribution in [0.3, 0.4) is 0 Å². The van der Waals surface area contributed by atoms with Crippen LogP contribution >= 0.6 is 11.6 Å². The number of rotatable bonds is 35. The lowest BCUT2D eigenvalue weighted by atomic mass is 10.2. The minimum absolute atomic E-state index is 0.185. The lowest BCUT2D eigenvalue weighted by Gasteiger charge is -2.09. The number of hydrogen-bond acceptors (Lipinski definition) is 11. The first-order valence-corrected chi connectivity index (χ1v) is 15.3. The predicted octanol–water partition coefficient (Wildman–Crippen LogP) is 3.28. The second kappa shape index (κ2) is 36.4. The van der Waals surface area contributed by atoms with Crippen molar-refractivity contribution < 1.29 is 52.2 Å². The molecule has 0 rings (SSSR count). The standard InChI is InChI=1S/C28H55ClO11/c1-2-7-28(30)40-27-26-39-25-24-38-23-22-37-21-20-36-19-18-35-17-16-34-15-14-33-13-12-32-11-10-31-9-6-4-3-5-8-29/h2-27H2,1H3. The van der Waals surface area contributed by atoms with Crippen LogP contribution in [0.25, 0.3) is 0 Å². The summed E-state index contributed by atoms with van der Waals surface area (Å²) >= 11 is 5.64. The Balaban J connectivity index is 3.04. The summed E-state index contributed by atoms with van der Waals surface area (Å²) in [5.41, 5.74) is 0. The second-order valence-electron chi connectivity index (χ2n) is 8.59. The summed E-state index contributed by atoms with van der Waals surface area (Å²) in [7, 11) is 0. The van der Waals surface area contributed by atoms with Crippen molar-refractivity contribution in [1.82, 2.24) is 0 Å². The molecule has 0 saturated carbocycles. The third kappa shape index (κ3) is 35.4. The topological polar surface area (TPSA) is 109 Å². The number of esters is 1. The number of ether oxygens (including phenoxy) is 10. The number of carbonyl (C=O) groups excluding carboxylic acids is 1. The zero-order valence-corrected chi connectivity index (χ0v) is 25.5. The molecule has 0 aromatic rings. The number of carbonyl (C=O) groups is 1. The molecule has 0 fully saturated rings. The van der Waals surface area contributed by atoms with Crippen molar-refractivity contribution in [3.05, 3.63) is 0 Å². The third-order valence-corrected chi connectivity index (χ3v) is 5.36. The van der Waals surface area contributed by atoms with E-state index in [-0.39, 0.29) is 12.6 Å². The van der Waals surface area contributed by atoms with Gasteiger partial charge >= 0.3 is 5.97 Å². The van der Waals surface area contributed by atoms with Crippen molar-refractivity contribution in [2.45, 2.75) is 45.4 Å². The van der Waals surface area contributed by atoms with E-state index in [0.717, 1.165) is 31.7 Å². The Labute approximate surface area is 246 Å². The molecule has 12 heteroatoms. The Morgan fingerprint density at radius 3 is 1.05 bits per heavy atom. The summed E-state index contributed by atoms with van der Waals surface area (Å²) in [6, 6.07) is 0. The second-order valence-corrected chi connectivity index (χ2v) is 8.96. The SMILES string of the molecule is CCCC(=O)OCCOCCOCCOCCOCCOCCOCCOCCOCCOCCCCCCCl. The van der Waals surface area contributed by atoms with Gasteiger partial charge in [0, 0.05) is 18.9 Å². The van der Waals surface area contributed by atoms with Crippen LogP contribution < -0.4 is 0 Å². The van der Waals surface area contributed by atoms with Gasteiger partial charge in [-0.1, -0.05) is 19.8 Å². The number of hydrogen-bond donors (Lipinski definition) is 0. The summed E-state index contributed by atoms with van der Waals surface area (Å²) < 4.78 is 54.0. The van der Waals surface area contributed by atoms with Crippen molar-refractivity contribution >= 4 is 17.6 Å². The molecule has 0 spiro atoms. The lowest BCUT2D eigenvalue weighted by Crippen LogP contribution is -2.15. The van der Waals surface area contributed by atoms with Crippen molar-refractivity contribution in [2.24, 2.45) is 0 Å². The largest absolute Gasteiger partial charge is 0.463 e. The number of alkyl halides is 1. The molecule has 0 aromatic heterocycles. The molecule has 0 saturated heterocycles. The fourth-order valence-electron chi connectivity index (χ4n) is 3.00. The van der Waals surface area contributed by atoms with Gasteiger partial charge in [-0.2, -0.15) is 0 Å². The molecule has 240 valence electrons. The monoisotopic (exact) mass is 602 g/mol. The van der Waals surface area contributed by atoms with Gasteiger partial charge in [0.15, 0.2) is 0 Å². The molecule has 0 bridgehead atoms. The smallest absolute Gasteiger partial charge is 0.305 e. The summed E-state index contributed by atoms with van der Waals surface area (Å²) in [5, 5.41) is 0. The van der Waals surface area contributed by atoms with Crippen LogP contribution in [0.2, 0.25) is 0 Å². The molecule has 0 aromatic carbocycles. The fraction of sp³-hybridized carbons (Fsp3) is 0.964. The maximum absolute atomic E-state index is 11.2. The minimum Gasteiger partial charge on any atom is -0.463 e. The van der Waals surface area contributed by atoms with Crippen molar-refractivity contribution in [2.75, 3.05) is 131 Å². The van der Waals surface area contributed by atoms with Crippen molar-refractivity contribution in [1.29, 1.82) is 0 Å². The molecule has 11 nitrogen and oxygen atoms in total. The highest BCUT2D eigenvalue weighted by Crippen LogP contribution is 2.01. The molecule has 0 unspecified atom stereocenters. The van der Waals surface area contributed by atoms with Crippen LogP contribution in [0.15, 0.2) is 0 Å². The van der Waals surface area contributed by atoms with Gasteiger partial charge in [-0.3, -0.25) is 4.79 Å². The van der Waals surface area contributed by atoms with E-state index in [1.54, 1.807) is 0 Å². The molecule has 0 amide bonds. The van der Waals surface area contributed by atoms with Crippen LogP contribution in [0.5, 0.6) is 0 Å². The van der Waals surface area contributed by atoms with E-state index in [9.17, 15) is 4.79 Å². The highest BCUT2D eigenvalue weighted by molar-refractivity contribution is 6.17. The van der Waals surface area contributed by atoms with E-state index < -0.39 is 0 Å². The van der Waals surface area contributed by atoms with Gasteiger partial charge in [-0.25, -0.2) is 0 Å². The average Bonchev–Trinajstić information content (AvgIpc) is 2.95. The normalized spacial score (nSPS) is 11.3. The highest BCUT2D eigenvalue weighted by atomic mass is 35.5. The molecular formula is C28H55ClO11. The zero-order chi connectivity index (χ0) is 29.0. The Bertz CT molecular complexity index is 489. The molecule has 0 N–H and O–H groups in total. The van der Waals surface area contributed by atoms with Gasteiger partial charge in [-0.05, 0) is 19.3 Å². The van der Waals surface area contributed by atoms with E-state index in [1.165, 1.54) is 12.8 Å². The van der Waals surface area contributed by atoms with Gasteiger partial charge in [0.1, 0.15) is 6.61 Å². The maximum atomic E-state index is 11.2. The predicted molar refractivity (Wildman–Crippen MR) is 152 cm³/mol. The molecule has 0 aliphatic carbocycles. The van der Waals surface area contributed by atoms with Crippen molar-refractivity contribution in [3.8, 4) is 0 Å². The highest BCUT2D eigenvalue weighted by Gasteiger charge is 2.00. The van der Waals surface area contributed by atoms with E-state index in [2.05, 4.69) is 0 Å². The van der Waals surface area contributed by atoms with Crippen LogP contribution in [0.1, 0.15) is 45.4 Å². The first-order valence-electron chi connectivity index (χ1n) is 14.7. The minimum atomic E-state index is -0.185. The third-order valence-electron chi connectivity index (χ3n) is 5.09. The first kappa shape index (κ1) is 39.4. The van der Waals surface area contributed by atoms with Crippen LogP contribution in [0.4, 0.5) is 0 Å². The van der Waals surface area contributed by atoms with Gasteiger partial charge in [0.05, 0.1) is 112 Å². The van der Waals surface area contributed by atoms with Crippen LogP contribution in [0, 0.1) is 0 Å². The average molecular weight is 603 g/mol. The summed E-state index contributed by atoms with van der Waals surface area (Å²) in [4.78, 5) is 11.2. The van der Waals surface area contributed by atoms with Gasteiger partial charge in [0.25, 0.3) is 0 Å². The van der Waals surface area contributed by atoms with E-state index >= 15 is 0 Å². The number of unbranched alkanes of at least 4 members (excludes halogenated alkanes) is 3. The summed E-state index contributed by atoms with van der Waals surface area (Å²) in [6.45, 7) is 11.7. The summed E-state index contributed by atoms with van der Waals surface area (Å²) in [5.74, 6) is 0.557. The van der Waals surface area contributed by atoms with Crippen molar-refractivity contribution in [3.63, 3.8) is 0 Å². The maximum Gasteiger partial charge on any atom is 0.305 e. The van der Waals surface area contributed by atoms with Gasteiger partial charge in [0.2, 0.25) is 0 Å². The van der Waals surface area contributed by atoms with E-state index in [4.69, 9.17) is 59.0 Å². The zero-order valence-electron chi connectivity index (χ0n) is 24.8. The van der Waals surface area contributed by atoms with Crippen LogP contribution in [-0.2, 0) is 52.2 Å². The Hall–Kier alpha value is -0.600. The molecule has 0 radical (unpaired) electrons. The van der Waals surface area contributed by atoms with E-state index in [0.29, 0.717) is 119 Å². The molecule has 0 aliphatic rings. The van der Waals surface area contributed by atoms with E-state index in [1.807, 2.05) is 6.92 Å². The Kier molecular flexibility index (Phi) is 35.9. The quantitative estimate of drug-likeness (QED) is 0.0605. The Morgan fingerprint density at radius 2 is 0.725 bits per heavy atom. The fourth-order valence-corrected chi connectivity index (χ4v) is 3.19. The first-order chi connectivity index (χ1) is 19.8. The lowest BCUT2D eigenvalue weighted by molar-refractivity contribution is -0.145. The summed E-state index contributed by atoms with van der Waals surface area (Å²) in [6.07, 6.45) is 5.73.